The van der Waals surface area contributed by atoms with Crippen molar-refractivity contribution >= 4 is 23.0 Å². The number of hydrogen-bond acceptors (Lipinski definition) is 3. The number of nitrogens with zero attached hydrogens (tertiary/aromatic N) is 1. The van der Waals surface area contributed by atoms with Gasteiger partial charge in [-0.05, 0) is 59.9 Å². The molecule has 0 saturated carbocycles. The number of halogens is 3. The van der Waals surface area contributed by atoms with Crippen molar-refractivity contribution in [3.05, 3.63) is 83.4 Å². The number of amides is 1. The number of hydrogen-bond donors (Lipinski definition) is 1. The van der Waals surface area contributed by atoms with Gasteiger partial charge in [0.2, 0.25) is 5.91 Å². The van der Waals surface area contributed by atoms with Crippen molar-refractivity contribution in [1.82, 2.24) is 0 Å². The summed E-state index contributed by atoms with van der Waals surface area (Å²) in [7, 11) is 1.54. The maximum Gasteiger partial charge on any atom is 0.416 e. The van der Waals surface area contributed by atoms with Crippen molar-refractivity contribution in [2.45, 2.75) is 25.4 Å². The maximum atomic E-state index is 14.0. The molecule has 1 amide bonds. The summed E-state index contributed by atoms with van der Waals surface area (Å²) in [6.45, 7) is 1.75. The number of anilines is 3. The summed E-state index contributed by atoms with van der Waals surface area (Å²) in [5, 5.41) is 0. The van der Waals surface area contributed by atoms with Gasteiger partial charge in [-0.3, -0.25) is 9.69 Å². The average Bonchev–Trinajstić information content (AvgIpc) is 2.88. The number of nitrogens with two attached hydrogens (primary N) is 1. The van der Waals surface area contributed by atoms with E-state index in [1.807, 2.05) is 0 Å². The second-order valence-corrected chi connectivity index (χ2v) is 7.91. The van der Waals surface area contributed by atoms with Crippen LogP contribution in [0.5, 0.6) is 5.75 Å². The Morgan fingerprint density at radius 2 is 1.62 bits per heavy atom. The van der Waals surface area contributed by atoms with Gasteiger partial charge in [-0.25, -0.2) is 0 Å². The predicted molar refractivity (Wildman–Crippen MR) is 118 cm³/mol. The summed E-state index contributed by atoms with van der Waals surface area (Å²) in [6, 6.07) is 17.8. The number of fused-ring (bicyclic) bond motifs is 1. The van der Waals surface area contributed by atoms with E-state index >= 15 is 0 Å². The second-order valence-electron chi connectivity index (χ2n) is 7.91. The molecule has 0 bridgehead atoms. The van der Waals surface area contributed by atoms with Crippen LogP contribution in [0.1, 0.15) is 29.5 Å². The number of alkyl halides is 3. The molecule has 0 saturated heterocycles. The molecular weight excluding hydrogens is 417 g/mol. The Bertz CT molecular complexity index is 1140. The molecule has 1 heterocycles. The highest BCUT2D eigenvalue weighted by atomic mass is 19.4. The number of para-hydroxylation sites is 2. The lowest BCUT2D eigenvalue weighted by atomic mass is 9.82. The van der Waals surface area contributed by atoms with E-state index in [0.717, 1.165) is 11.6 Å². The third-order valence-corrected chi connectivity index (χ3v) is 6.06. The van der Waals surface area contributed by atoms with E-state index in [0.29, 0.717) is 17.1 Å². The Labute approximate surface area is 184 Å². The molecule has 3 aromatic rings. The molecule has 4 rings (SSSR count). The average molecular weight is 440 g/mol. The van der Waals surface area contributed by atoms with Crippen molar-refractivity contribution in [2.75, 3.05) is 17.7 Å². The molecule has 0 radical (unpaired) electrons. The minimum Gasteiger partial charge on any atom is -0.497 e. The van der Waals surface area contributed by atoms with E-state index in [1.165, 1.54) is 11.0 Å². The summed E-state index contributed by atoms with van der Waals surface area (Å²) in [5.74, 6) is -0.708. The Morgan fingerprint density at radius 1 is 0.969 bits per heavy atom. The van der Waals surface area contributed by atoms with Crippen molar-refractivity contribution in [1.29, 1.82) is 0 Å². The van der Waals surface area contributed by atoms with Crippen LogP contribution in [-0.2, 0) is 17.4 Å². The number of benzene rings is 3. The van der Waals surface area contributed by atoms with E-state index in [4.69, 9.17) is 10.5 Å². The van der Waals surface area contributed by atoms with Crippen LogP contribution in [-0.4, -0.2) is 13.0 Å². The first-order valence-electron chi connectivity index (χ1n) is 10.2. The number of rotatable bonds is 3. The van der Waals surface area contributed by atoms with Crippen molar-refractivity contribution in [2.24, 2.45) is 5.92 Å². The molecule has 0 spiro atoms. The second kappa shape index (κ2) is 8.22. The molecule has 0 fully saturated rings. The molecule has 166 valence electrons. The topological polar surface area (TPSA) is 55.6 Å². The summed E-state index contributed by atoms with van der Waals surface area (Å²) in [5.41, 5.74) is 7.17. The Balaban J connectivity index is 1.94. The third-order valence-electron chi connectivity index (χ3n) is 6.06. The number of carbonyl (C=O) groups excluding carboxylic acids is 1. The quantitative estimate of drug-likeness (QED) is 0.513. The lowest BCUT2D eigenvalue weighted by molar-refractivity contribution is -0.138. The first-order valence-corrected chi connectivity index (χ1v) is 10.2. The summed E-state index contributed by atoms with van der Waals surface area (Å²) < 4.78 is 47.2. The van der Waals surface area contributed by atoms with E-state index in [1.54, 1.807) is 68.6 Å². The molecule has 0 aliphatic carbocycles. The molecule has 2 N–H and O–H groups in total. The number of ether oxygens (including phenoxy) is 1. The summed E-state index contributed by atoms with van der Waals surface area (Å²) >= 11 is 0. The van der Waals surface area contributed by atoms with Crippen molar-refractivity contribution in [3.8, 4) is 5.75 Å². The van der Waals surface area contributed by atoms with Gasteiger partial charge in [0, 0.05) is 5.92 Å². The van der Waals surface area contributed by atoms with E-state index in [-0.39, 0.29) is 23.6 Å². The van der Waals surface area contributed by atoms with Gasteiger partial charge in [0.25, 0.3) is 0 Å². The molecule has 3 aromatic carbocycles. The van der Waals surface area contributed by atoms with Crippen LogP contribution in [0.3, 0.4) is 0 Å². The van der Waals surface area contributed by atoms with Crippen LogP contribution in [0.4, 0.5) is 30.2 Å². The molecule has 32 heavy (non-hydrogen) atoms. The molecule has 0 aromatic heterocycles. The zero-order chi connectivity index (χ0) is 23.0. The van der Waals surface area contributed by atoms with Crippen LogP contribution in [0, 0.1) is 5.92 Å². The summed E-state index contributed by atoms with van der Waals surface area (Å²) in [4.78, 5) is 15.0. The molecular formula is C25H23F3N2O2. The van der Waals surface area contributed by atoms with Gasteiger partial charge >= 0.3 is 6.18 Å². The standard InChI is InChI=1S/C25H23F3N2O2/c1-15-18(16-10-12-17(32-2)13-11-16)14-19-20(25(26,27)28)6-5-9-22(19)30(24(15)31)23-8-4-3-7-21(23)29/h3-13,15,18H,14,29H2,1-2H3/t15-,18-/m0/s1. The molecule has 7 heteroatoms. The van der Waals surface area contributed by atoms with Gasteiger partial charge in [0.1, 0.15) is 5.75 Å². The Morgan fingerprint density at radius 3 is 2.25 bits per heavy atom. The van der Waals surface area contributed by atoms with Crippen LogP contribution < -0.4 is 15.4 Å². The first kappa shape index (κ1) is 21.7. The fourth-order valence-corrected chi connectivity index (χ4v) is 4.35. The normalized spacial score (nSPS) is 18.8. The number of nitrogen functional groups attached to an aromatic ring is 1. The largest absolute Gasteiger partial charge is 0.497 e. The third kappa shape index (κ3) is 3.79. The van der Waals surface area contributed by atoms with E-state index in [9.17, 15) is 18.0 Å². The number of carbonyl (C=O) groups is 1. The maximum absolute atomic E-state index is 14.0. The van der Waals surface area contributed by atoms with Crippen LogP contribution in [0.15, 0.2) is 66.7 Å². The van der Waals surface area contributed by atoms with Gasteiger partial charge in [0.05, 0.1) is 29.7 Å². The highest BCUT2D eigenvalue weighted by Crippen LogP contribution is 2.46. The van der Waals surface area contributed by atoms with Crippen molar-refractivity contribution in [3.63, 3.8) is 0 Å². The van der Waals surface area contributed by atoms with Crippen molar-refractivity contribution < 1.29 is 22.7 Å². The minimum atomic E-state index is -4.56. The van der Waals surface area contributed by atoms with Gasteiger partial charge in [-0.1, -0.05) is 37.3 Å². The monoisotopic (exact) mass is 440 g/mol. The Kier molecular flexibility index (Phi) is 5.59. The van der Waals surface area contributed by atoms with E-state index in [2.05, 4.69) is 0 Å². The fraction of sp³-hybridized carbons (Fsp3) is 0.240. The zero-order valence-corrected chi connectivity index (χ0v) is 17.7. The van der Waals surface area contributed by atoms with Crippen LogP contribution in [0.25, 0.3) is 0 Å². The molecule has 1 aliphatic rings. The van der Waals surface area contributed by atoms with Gasteiger partial charge < -0.3 is 10.5 Å². The lowest BCUT2D eigenvalue weighted by Gasteiger charge is -2.27. The SMILES string of the molecule is COc1ccc([C@H]2Cc3c(cccc3C(F)(F)F)N(c3ccccc3N)C(=O)[C@H]2C)cc1. The minimum absolute atomic E-state index is 0.0630. The predicted octanol–water partition coefficient (Wildman–Crippen LogP) is 5.94. The summed E-state index contributed by atoms with van der Waals surface area (Å²) in [6.07, 6.45) is -4.49. The molecule has 2 atom stereocenters. The van der Waals surface area contributed by atoms with Gasteiger partial charge in [-0.2, -0.15) is 13.2 Å². The molecule has 0 unspecified atom stereocenters. The fourth-order valence-electron chi connectivity index (χ4n) is 4.35. The zero-order valence-electron chi connectivity index (χ0n) is 17.7. The molecule has 4 nitrogen and oxygen atoms in total. The Hall–Kier alpha value is -3.48. The number of methoxy groups -OCH3 is 1. The van der Waals surface area contributed by atoms with Crippen LogP contribution >= 0.6 is 0 Å². The first-order chi connectivity index (χ1) is 15.2. The smallest absolute Gasteiger partial charge is 0.416 e. The molecule has 1 aliphatic heterocycles. The van der Waals surface area contributed by atoms with Gasteiger partial charge in [-0.15, -0.1) is 0 Å². The lowest BCUT2D eigenvalue weighted by Crippen LogP contribution is -2.33. The highest BCUT2D eigenvalue weighted by Gasteiger charge is 2.41. The highest BCUT2D eigenvalue weighted by molar-refractivity contribution is 6.05. The van der Waals surface area contributed by atoms with Crippen LogP contribution in [0.2, 0.25) is 0 Å². The van der Waals surface area contributed by atoms with Gasteiger partial charge in [0.15, 0.2) is 0 Å². The van der Waals surface area contributed by atoms with E-state index < -0.39 is 23.6 Å².